The lowest BCUT2D eigenvalue weighted by molar-refractivity contribution is -0.290. The Morgan fingerprint density at radius 3 is 2.38 bits per heavy atom. The van der Waals surface area contributed by atoms with Gasteiger partial charge < -0.3 is 43.8 Å². The first-order valence-corrected chi connectivity index (χ1v) is 15.7. The maximum absolute atomic E-state index is 13.3. The van der Waals surface area contributed by atoms with Crippen molar-refractivity contribution in [3.05, 3.63) is 94.8 Å². The van der Waals surface area contributed by atoms with Crippen LogP contribution >= 0.6 is 0 Å². The van der Waals surface area contributed by atoms with E-state index in [0.29, 0.717) is 11.1 Å². The van der Waals surface area contributed by atoms with Gasteiger partial charge >= 0.3 is 11.9 Å². The molecule has 2 heterocycles. The Hall–Kier alpha value is -4.75. The van der Waals surface area contributed by atoms with Gasteiger partial charge in [-0.3, -0.25) is 14.4 Å². The number of carboxylic acids is 1. The molecule has 0 radical (unpaired) electrons. The molecule has 12 heteroatoms. The van der Waals surface area contributed by atoms with E-state index in [1.54, 1.807) is 12.1 Å². The van der Waals surface area contributed by atoms with Gasteiger partial charge in [-0.1, -0.05) is 55.3 Å². The van der Waals surface area contributed by atoms with Gasteiger partial charge in [0.05, 0.1) is 17.6 Å². The van der Waals surface area contributed by atoms with Crippen molar-refractivity contribution in [1.82, 2.24) is 0 Å². The smallest absolute Gasteiger partial charge is 0.317 e. The van der Waals surface area contributed by atoms with Crippen molar-refractivity contribution in [2.24, 2.45) is 0 Å². The topological polar surface area (TPSA) is 182 Å². The van der Waals surface area contributed by atoms with Gasteiger partial charge in [0, 0.05) is 11.5 Å². The summed E-state index contributed by atoms with van der Waals surface area (Å²) in [4.78, 5) is 36.1. The van der Waals surface area contributed by atoms with Crippen LogP contribution in [0.1, 0.15) is 37.7 Å². The summed E-state index contributed by atoms with van der Waals surface area (Å²) < 4.78 is 29.4. The first kappa shape index (κ1) is 33.2. The lowest BCUT2D eigenvalue weighted by atomic mass is 9.79. The monoisotopic (exact) mass is 660 g/mol. The maximum Gasteiger partial charge on any atom is 0.317 e. The molecule has 0 bridgehead atoms. The number of hydrogen-bond acceptors (Lipinski definition) is 11. The highest BCUT2D eigenvalue weighted by Crippen LogP contribution is 2.42. The summed E-state index contributed by atoms with van der Waals surface area (Å²) in [5.74, 6) is -2.15. The summed E-state index contributed by atoms with van der Waals surface area (Å²) in [6.45, 7) is -0.336. The van der Waals surface area contributed by atoms with Crippen LogP contribution < -0.4 is 10.2 Å². The van der Waals surface area contributed by atoms with Crippen LogP contribution in [0.4, 0.5) is 0 Å². The third kappa shape index (κ3) is 7.07. The number of carboxylic acid groups (broad SMARTS) is 1. The van der Waals surface area contributed by atoms with Crippen molar-refractivity contribution in [1.29, 1.82) is 0 Å². The van der Waals surface area contributed by atoms with Crippen LogP contribution in [0.25, 0.3) is 22.1 Å². The Morgan fingerprint density at radius 1 is 0.938 bits per heavy atom. The normalized spacial score (nSPS) is 23.5. The minimum absolute atomic E-state index is 0.0645. The van der Waals surface area contributed by atoms with Gasteiger partial charge in [-0.15, -0.1) is 0 Å². The van der Waals surface area contributed by atoms with E-state index in [1.807, 2.05) is 30.3 Å². The molecule has 12 nitrogen and oxygen atoms in total. The number of phenolic OH excluding ortho intramolecular Hbond substituents is 1. The van der Waals surface area contributed by atoms with Crippen LogP contribution in [0.3, 0.4) is 0 Å². The number of rotatable bonds is 11. The van der Waals surface area contributed by atoms with Crippen LogP contribution in [0.2, 0.25) is 0 Å². The second-order valence-electron chi connectivity index (χ2n) is 12.2. The summed E-state index contributed by atoms with van der Waals surface area (Å²) in [6, 6.07) is 20.7. The molecule has 2 aliphatic rings. The minimum Gasteiger partial charge on any atom is -0.508 e. The third-order valence-electron chi connectivity index (χ3n) is 9.02. The summed E-state index contributed by atoms with van der Waals surface area (Å²) in [5, 5.41) is 41.1. The molecule has 2 fully saturated rings. The van der Waals surface area contributed by atoms with E-state index >= 15 is 0 Å². The van der Waals surface area contributed by atoms with Crippen LogP contribution in [-0.4, -0.2) is 76.3 Å². The molecule has 4 N–H and O–H groups in total. The Morgan fingerprint density at radius 2 is 1.67 bits per heavy atom. The van der Waals surface area contributed by atoms with Crippen LogP contribution in [0.5, 0.6) is 11.5 Å². The zero-order valence-corrected chi connectivity index (χ0v) is 25.9. The molecule has 1 aliphatic carbocycles. The van der Waals surface area contributed by atoms with Crippen molar-refractivity contribution in [2.75, 3.05) is 13.2 Å². The number of esters is 1. The predicted octanol–water partition coefficient (Wildman–Crippen LogP) is 3.91. The van der Waals surface area contributed by atoms with Crippen molar-refractivity contribution < 1.29 is 53.4 Å². The molecule has 6 rings (SSSR count). The van der Waals surface area contributed by atoms with Crippen LogP contribution in [0.15, 0.2) is 88.3 Å². The fraction of sp³-hybridized carbons (Fsp3) is 0.361. The molecule has 0 spiro atoms. The molecule has 0 amide bonds. The number of carbonyl (C=O) groups is 2. The number of aliphatic hydroxyl groups is 2. The van der Waals surface area contributed by atoms with Crippen LogP contribution in [-0.2, 0) is 29.2 Å². The number of aliphatic hydroxyl groups excluding tert-OH is 2. The summed E-state index contributed by atoms with van der Waals surface area (Å²) in [6.07, 6.45) is -2.69. The number of carbonyl (C=O) groups excluding carboxylic acids is 1. The highest BCUT2D eigenvalue weighted by molar-refractivity contribution is 5.90. The maximum atomic E-state index is 13.3. The van der Waals surface area contributed by atoms with E-state index in [1.165, 1.54) is 36.6 Å². The molecule has 1 saturated heterocycles. The fourth-order valence-corrected chi connectivity index (χ4v) is 6.44. The summed E-state index contributed by atoms with van der Waals surface area (Å²) >= 11 is 0. The van der Waals surface area contributed by atoms with Gasteiger partial charge in [0.25, 0.3) is 0 Å². The highest BCUT2D eigenvalue weighted by atomic mass is 16.7. The zero-order valence-electron chi connectivity index (χ0n) is 25.9. The summed E-state index contributed by atoms with van der Waals surface area (Å²) in [7, 11) is 0. The van der Waals surface area contributed by atoms with Crippen LogP contribution in [0, 0.1) is 0 Å². The quantitative estimate of drug-likeness (QED) is 0.135. The number of benzene rings is 3. The Kier molecular flexibility index (Phi) is 9.78. The number of aromatic hydroxyl groups is 1. The second-order valence-corrected chi connectivity index (χ2v) is 12.2. The average molecular weight is 661 g/mol. The number of phenols is 1. The van der Waals surface area contributed by atoms with E-state index in [2.05, 4.69) is 0 Å². The number of hydrogen-bond donors (Lipinski definition) is 4. The molecule has 1 saturated carbocycles. The van der Waals surface area contributed by atoms with Crippen molar-refractivity contribution in [3.8, 4) is 22.6 Å². The Labute approximate surface area is 275 Å². The van der Waals surface area contributed by atoms with E-state index < -0.39 is 55.7 Å². The van der Waals surface area contributed by atoms with Gasteiger partial charge in [-0.05, 0) is 48.2 Å². The largest absolute Gasteiger partial charge is 0.508 e. The molecular weight excluding hydrogens is 624 g/mol. The van der Waals surface area contributed by atoms with E-state index in [-0.39, 0.29) is 39.9 Å². The molecule has 48 heavy (non-hydrogen) atoms. The Bertz CT molecular complexity index is 1800. The SMILES string of the molecule is O=C(O)CC(=O)OC[C@@H]1O[C@H](Oc2ccc3c(=O)c(-c4ccc(O)cc4)coc3c2)[C@@H](OCC2(c3ccccc3)CCCC2)[C@H](O)[C@H]1O. The summed E-state index contributed by atoms with van der Waals surface area (Å²) in [5.41, 5.74) is 1.57. The standard InChI is InChI=1S/C36H36O12/c37-23-10-8-21(9-11-23)26-18-44-27-16-24(12-13-25(27)31(26)41)47-35-34(33(43)32(42)28(48-35)19-45-30(40)17-29(38)39)46-20-36(14-4-5-15-36)22-6-2-1-3-7-22/h1-3,6-13,16,18,28,32-35,37,42-43H,4-5,14-15,17,19-20H2,(H,38,39)/t28-,32-,33+,34-,35-/m0/s1. The van der Waals surface area contributed by atoms with Crippen molar-refractivity contribution >= 4 is 22.9 Å². The lowest BCUT2D eigenvalue weighted by Gasteiger charge is -2.43. The predicted molar refractivity (Wildman–Crippen MR) is 170 cm³/mol. The number of fused-ring (bicyclic) bond motifs is 1. The first-order valence-electron chi connectivity index (χ1n) is 15.7. The lowest BCUT2D eigenvalue weighted by Crippen LogP contribution is -2.61. The molecule has 3 aromatic carbocycles. The van der Waals surface area contributed by atoms with Gasteiger partial charge in [0.2, 0.25) is 6.29 Å². The number of aliphatic carboxylic acids is 1. The van der Waals surface area contributed by atoms with Gasteiger partial charge in [0.15, 0.2) is 5.43 Å². The molecule has 0 unspecified atom stereocenters. The van der Waals surface area contributed by atoms with Gasteiger partial charge in [0.1, 0.15) is 60.8 Å². The number of ether oxygens (including phenoxy) is 4. The average Bonchev–Trinajstić information content (AvgIpc) is 3.56. The molecule has 1 aliphatic heterocycles. The van der Waals surface area contributed by atoms with Crippen molar-refractivity contribution in [2.45, 2.75) is 68.2 Å². The Balaban J connectivity index is 1.26. The minimum atomic E-state index is -1.56. The molecule has 5 atom stereocenters. The van der Waals surface area contributed by atoms with Gasteiger partial charge in [-0.25, -0.2) is 0 Å². The molecule has 4 aromatic rings. The van der Waals surface area contributed by atoms with E-state index in [9.17, 15) is 29.7 Å². The van der Waals surface area contributed by atoms with E-state index in [0.717, 1.165) is 31.2 Å². The van der Waals surface area contributed by atoms with Crippen molar-refractivity contribution in [3.63, 3.8) is 0 Å². The van der Waals surface area contributed by atoms with E-state index in [4.69, 9.17) is 28.5 Å². The molecule has 1 aromatic heterocycles. The molecule has 252 valence electrons. The third-order valence-corrected chi connectivity index (χ3v) is 9.02. The second kappa shape index (κ2) is 14.2. The fourth-order valence-electron chi connectivity index (χ4n) is 6.44. The van der Waals surface area contributed by atoms with Gasteiger partial charge in [-0.2, -0.15) is 0 Å². The first-order chi connectivity index (χ1) is 23.1. The zero-order chi connectivity index (χ0) is 33.8. The highest BCUT2D eigenvalue weighted by Gasteiger charge is 2.48. The molecular formula is C36H36O12.